The fourth-order valence-electron chi connectivity index (χ4n) is 2.58. The molecule has 6 heteroatoms. The summed E-state index contributed by atoms with van der Waals surface area (Å²) < 4.78 is 11.1. The molecule has 6 nitrogen and oxygen atoms in total. The van der Waals surface area contributed by atoms with Crippen molar-refractivity contribution in [2.45, 2.75) is 6.23 Å². The highest BCUT2D eigenvalue weighted by atomic mass is 16.5. The van der Waals surface area contributed by atoms with E-state index in [1.165, 1.54) is 7.11 Å². The van der Waals surface area contributed by atoms with Gasteiger partial charge in [-0.05, 0) is 26.2 Å². The third kappa shape index (κ3) is 2.08. The second-order valence-electron chi connectivity index (χ2n) is 5.26. The van der Waals surface area contributed by atoms with Crippen LogP contribution in [0.3, 0.4) is 0 Å². The van der Waals surface area contributed by atoms with E-state index in [0.717, 1.165) is 0 Å². The number of ketones is 2. The van der Waals surface area contributed by atoms with Gasteiger partial charge in [-0.1, -0.05) is 6.07 Å². The van der Waals surface area contributed by atoms with Gasteiger partial charge in [-0.15, -0.1) is 0 Å². The number of carbonyl (C=O) groups is 2. The third-order valence-electron chi connectivity index (χ3n) is 3.47. The molecule has 0 saturated carbocycles. The maximum Gasteiger partial charge on any atom is 0.253 e. The van der Waals surface area contributed by atoms with Gasteiger partial charge in [-0.2, -0.15) is 0 Å². The number of ether oxygens (including phenoxy) is 2. The van der Waals surface area contributed by atoms with E-state index in [0.29, 0.717) is 29.2 Å². The predicted molar refractivity (Wildman–Crippen MR) is 75.8 cm³/mol. The molecule has 0 radical (unpaired) electrons. The number of allylic oxidation sites excluding steroid dienone is 1. The highest BCUT2D eigenvalue weighted by Gasteiger charge is 2.41. The maximum absolute atomic E-state index is 12.2. The standard InChI is InChI=1S/C15H16N2O4/c1-17(2)7-10-16-12-14(19)13(18)8-5-4-6-9(20-3)11(8)15(12)21-10/h4-6,10,16H,7H2,1-3H3. The highest BCUT2D eigenvalue weighted by molar-refractivity contribution is 6.52. The molecule has 1 unspecified atom stereocenters. The lowest BCUT2D eigenvalue weighted by atomic mass is 9.91. The molecular weight excluding hydrogens is 272 g/mol. The van der Waals surface area contributed by atoms with Gasteiger partial charge in [-0.3, -0.25) is 9.59 Å². The van der Waals surface area contributed by atoms with E-state index in [2.05, 4.69) is 5.32 Å². The summed E-state index contributed by atoms with van der Waals surface area (Å²) in [5.41, 5.74) is 1.10. The molecule has 1 aliphatic heterocycles. The van der Waals surface area contributed by atoms with Crippen molar-refractivity contribution in [1.29, 1.82) is 0 Å². The van der Waals surface area contributed by atoms with Crippen LogP contribution in [0.4, 0.5) is 0 Å². The van der Waals surface area contributed by atoms with Gasteiger partial charge < -0.3 is 19.7 Å². The first-order chi connectivity index (χ1) is 10.0. The minimum atomic E-state index is -0.563. The van der Waals surface area contributed by atoms with Crippen molar-refractivity contribution in [1.82, 2.24) is 10.2 Å². The zero-order chi connectivity index (χ0) is 15.1. The minimum Gasteiger partial charge on any atom is -0.496 e. The number of hydrogen-bond acceptors (Lipinski definition) is 6. The van der Waals surface area contributed by atoms with Gasteiger partial charge in [0.1, 0.15) is 11.4 Å². The molecule has 1 aromatic rings. The number of nitrogens with one attached hydrogen (secondary N) is 1. The van der Waals surface area contributed by atoms with Crippen LogP contribution >= 0.6 is 0 Å². The van der Waals surface area contributed by atoms with E-state index in [4.69, 9.17) is 9.47 Å². The number of rotatable bonds is 3. The third-order valence-corrected chi connectivity index (χ3v) is 3.47. The van der Waals surface area contributed by atoms with Crippen LogP contribution in [-0.4, -0.2) is 50.4 Å². The van der Waals surface area contributed by atoms with Gasteiger partial charge in [0, 0.05) is 5.56 Å². The molecule has 21 heavy (non-hydrogen) atoms. The Bertz CT molecular complexity index is 664. The van der Waals surface area contributed by atoms with Crippen molar-refractivity contribution in [2.24, 2.45) is 0 Å². The second-order valence-corrected chi connectivity index (χ2v) is 5.26. The Morgan fingerprint density at radius 2 is 2.05 bits per heavy atom. The monoisotopic (exact) mass is 288 g/mol. The van der Waals surface area contributed by atoms with E-state index in [9.17, 15) is 9.59 Å². The average molecular weight is 288 g/mol. The van der Waals surface area contributed by atoms with Crippen molar-refractivity contribution >= 4 is 17.3 Å². The van der Waals surface area contributed by atoms with Crippen LogP contribution < -0.4 is 10.1 Å². The molecule has 1 atom stereocenters. The van der Waals surface area contributed by atoms with Crippen LogP contribution in [0.1, 0.15) is 15.9 Å². The van der Waals surface area contributed by atoms with Crippen molar-refractivity contribution in [3.05, 3.63) is 35.0 Å². The Morgan fingerprint density at radius 1 is 1.29 bits per heavy atom. The second kappa shape index (κ2) is 4.89. The van der Waals surface area contributed by atoms with Crippen LogP contribution in [-0.2, 0) is 9.53 Å². The number of likely N-dealkylation sites (N-methyl/N-ethyl adjacent to an activating group) is 1. The number of carbonyl (C=O) groups excluding carboxylic acids is 2. The van der Waals surface area contributed by atoms with Gasteiger partial charge in [0.15, 0.2) is 12.0 Å². The van der Waals surface area contributed by atoms with Crippen molar-refractivity contribution in [2.75, 3.05) is 27.7 Å². The smallest absolute Gasteiger partial charge is 0.253 e. The van der Waals surface area contributed by atoms with Gasteiger partial charge in [-0.25, -0.2) is 0 Å². The summed E-state index contributed by atoms with van der Waals surface area (Å²) in [6, 6.07) is 5.05. The topological polar surface area (TPSA) is 67.9 Å². The van der Waals surface area contributed by atoms with Crippen molar-refractivity contribution in [3.8, 4) is 5.75 Å². The molecule has 3 rings (SSSR count). The molecule has 1 heterocycles. The summed E-state index contributed by atoms with van der Waals surface area (Å²) in [5.74, 6) is -0.177. The molecule has 1 aliphatic carbocycles. The molecule has 0 spiro atoms. The summed E-state index contributed by atoms with van der Waals surface area (Å²) in [5, 5.41) is 2.99. The normalized spacial score (nSPS) is 20.1. The minimum absolute atomic E-state index is 0.226. The molecule has 2 aliphatic rings. The van der Waals surface area contributed by atoms with E-state index in [1.807, 2.05) is 19.0 Å². The van der Waals surface area contributed by atoms with Gasteiger partial charge in [0.25, 0.3) is 5.78 Å². The molecular formula is C15H16N2O4. The largest absolute Gasteiger partial charge is 0.496 e. The quantitative estimate of drug-likeness (QED) is 0.823. The number of fused-ring (bicyclic) bond motifs is 2. The van der Waals surface area contributed by atoms with Gasteiger partial charge >= 0.3 is 0 Å². The summed E-state index contributed by atoms with van der Waals surface area (Å²) in [4.78, 5) is 26.3. The lowest BCUT2D eigenvalue weighted by Crippen LogP contribution is -2.37. The van der Waals surface area contributed by atoms with E-state index < -0.39 is 11.6 Å². The first-order valence-electron chi connectivity index (χ1n) is 6.61. The van der Waals surface area contributed by atoms with Gasteiger partial charge in [0.05, 0.1) is 19.2 Å². The molecule has 1 aromatic carbocycles. The summed E-state index contributed by atoms with van der Waals surface area (Å²) in [6.07, 6.45) is -0.363. The fourth-order valence-corrected chi connectivity index (χ4v) is 2.58. The number of hydrogen-bond donors (Lipinski definition) is 1. The average Bonchev–Trinajstić information content (AvgIpc) is 2.86. The maximum atomic E-state index is 12.2. The van der Waals surface area contributed by atoms with Crippen molar-refractivity contribution < 1.29 is 19.1 Å². The zero-order valence-electron chi connectivity index (χ0n) is 12.1. The number of benzene rings is 1. The molecule has 1 N–H and O–H groups in total. The Balaban J connectivity index is 2.08. The molecule has 0 fully saturated rings. The SMILES string of the molecule is COc1cccc2c1C1=C(NC(CN(C)C)O1)C(=O)C2=O. The molecule has 110 valence electrons. The highest BCUT2D eigenvalue weighted by Crippen LogP contribution is 2.39. The molecule has 0 bridgehead atoms. The van der Waals surface area contributed by atoms with Crippen LogP contribution in [0.5, 0.6) is 5.75 Å². The van der Waals surface area contributed by atoms with Crippen LogP contribution in [0.2, 0.25) is 0 Å². The lowest BCUT2D eigenvalue weighted by Gasteiger charge is -2.19. The van der Waals surface area contributed by atoms with Gasteiger partial charge in [0.2, 0.25) is 5.78 Å². The number of Topliss-reactive ketones (excluding diaryl/α,β-unsaturated/α-hetero) is 2. The van der Waals surface area contributed by atoms with Crippen molar-refractivity contribution in [3.63, 3.8) is 0 Å². The number of nitrogens with zero attached hydrogens (tertiary/aromatic N) is 1. The van der Waals surface area contributed by atoms with Crippen LogP contribution in [0, 0.1) is 0 Å². The fraction of sp³-hybridized carbons (Fsp3) is 0.333. The summed E-state index contributed by atoms with van der Waals surface area (Å²) >= 11 is 0. The Labute approximate surface area is 122 Å². The van der Waals surface area contributed by atoms with E-state index in [-0.39, 0.29) is 11.9 Å². The predicted octanol–water partition coefficient (Wildman–Crippen LogP) is 0.637. The van der Waals surface area contributed by atoms with E-state index in [1.54, 1.807) is 18.2 Å². The van der Waals surface area contributed by atoms with E-state index >= 15 is 0 Å². The summed E-state index contributed by atoms with van der Waals surface area (Å²) in [7, 11) is 5.34. The zero-order valence-corrected chi connectivity index (χ0v) is 12.1. The Morgan fingerprint density at radius 3 is 2.71 bits per heavy atom. The van der Waals surface area contributed by atoms with Crippen LogP contribution in [0.25, 0.3) is 5.76 Å². The molecule has 0 aromatic heterocycles. The lowest BCUT2D eigenvalue weighted by molar-refractivity contribution is -0.112. The summed E-state index contributed by atoms with van der Waals surface area (Å²) in [6.45, 7) is 0.582. The molecule has 0 amide bonds. The Hall–Kier alpha value is -2.34. The Kier molecular flexibility index (Phi) is 3.17. The molecule has 0 saturated heterocycles. The number of methoxy groups -OCH3 is 1. The first kappa shape index (κ1) is 13.6. The van der Waals surface area contributed by atoms with Crippen LogP contribution in [0.15, 0.2) is 23.9 Å². The first-order valence-corrected chi connectivity index (χ1v) is 6.61.